The van der Waals surface area contributed by atoms with Gasteiger partial charge < -0.3 is 15.0 Å². The molecule has 2 aromatic rings. The summed E-state index contributed by atoms with van der Waals surface area (Å²) in [7, 11) is 1.60. The normalized spacial score (nSPS) is 21.4. The minimum absolute atomic E-state index is 0.0342. The Morgan fingerprint density at radius 3 is 2.86 bits per heavy atom. The van der Waals surface area contributed by atoms with Crippen LogP contribution >= 0.6 is 0 Å². The summed E-state index contributed by atoms with van der Waals surface area (Å²) in [6, 6.07) is 14.1. The predicted molar refractivity (Wildman–Crippen MR) is 108 cm³/mol. The Bertz CT molecular complexity index is 908. The number of aryl methyl sites for hydroxylation is 2. The minimum Gasteiger partial charge on any atom is -0.495 e. The van der Waals surface area contributed by atoms with Crippen molar-refractivity contribution in [1.29, 1.82) is 0 Å². The van der Waals surface area contributed by atoms with Crippen molar-refractivity contribution in [3.8, 4) is 5.75 Å². The Labute approximate surface area is 165 Å². The number of carbonyl (C=O) groups is 2. The van der Waals surface area contributed by atoms with Crippen LogP contribution in [0.2, 0.25) is 0 Å². The maximum Gasteiger partial charge on any atom is 0.227 e. The van der Waals surface area contributed by atoms with E-state index in [-0.39, 0.29) is 30.2 Å². The van der Waals surface area contributed by atoms with Gasteiger partial charge in [0.25, 0.3) is 0 Å². The van der Waals surface area contributed by atoms with Crippen molar-refractivity contribution in [2.45, 2.75) is 38.6 Å². The van der Waals surface area contributed by atoms with Crippen molar-refractivity contribution in [1.82, 2.24) is 5.32 Å². The van der Waals surface area contributed by atoms with Gasteiger partial charge in [0.2, 0.25) is 11.8 Å². The summed E-state index contributed by atoms with van der Waals surface area (Å²) in [5, 5.41) is 3.20. The minimum atomic E-state index is -0.341. The Hall–Kier alpha value is -2.82. The number of fused-ring (bicyclic) bond motifs is 1. The number of amides is 2. The molecule has 5 heteroatoms. The highest BCUT2D eigenvalue weighted by molar-refractivity contribution is 6.01. The molecule has 1 N–H and O–H groups in total. The fourth-order valence-electron chi connectivity index (χ4n) is 4.32. The van der Waals surface area contributed by atoms with Gasteiger partial charge in [-0.3, -0.25) is 9.59 Å². The van der Waals surface area contributed by atoms with Gasteiger partial charge in [-0.05, 0) is 55.0 Å². The zero-order valence-electron chi connectivity index (χ0n) is 16.4. The van der Waals surface area contributed by atoms with Crippen molar-refractivity contribution in [3.05, 3.63) is 59.2 Å². The first-order valence-electron chi connectivity index (χ1n) is 9.90. The Kier molecular flexibility index (Phi) is 5.07. The average Bonchev–Trinajstić information content (AvgIpc) is 3.10. The molecule has 2 aliphatic rings. The molecule has 28 heavy (non-hydrogen) atoms. The van der Waals surface area contributed by atoms with Crippen LogP contribution in [-0.4, -0.2) is 25.5 Å². The van der Waals surface area contributed by atoms with Crippen molar-refractivity contribution in [2.75, 3.05) is 18.6 Å². The number of nitrogens with one attached hydrogen (secondary N) is 1. The van der Waals surface area contributed by atoms with E-state index in [4.69, 9.17) is 4.74 Å². The summed E-state index contributed by atoms with van der Waals surface area (Å²) >= 11 is 0. The lowest BCUT2D eigenvalue weighted by Gasteiger charge is -2.27. The second-order valence-electron chi connectivity index (χ2n) is 7.73. The molecule has 5 nitrogen and oxygen atoms in total. The highest BCUT2D eigenvalue weighted by Crippen LogP contribution is 2.35. The van der Waals surface area contributed by atoms with Crippen molar-refractivity contribution < 1.29 is 14.3 Å². The third kappa shape index (κ3) is 3.49. The molecule has 0 unspecified atom stereocenters. The van der Waals surface area contributed by atoms with Crippen molar-refractivity contribution >= 4 is 17.5 Å². The first-order chi connectivity index (χ1) is 13.6. The largest absolute Gasteiger partial charge is 0.495 e. The monoisotopic (exact) mass is 378 g/mol. The van der Waals surface area contributed by atoms with Gasteiger partial charge in [0.15, 0.2) is 0 Å². The summed E-state index contributed by atoms with van der Waals surface area (Å²) in [5.41, 5.74) is 4.32. The molecule has 2 atom stereocenters. The van der Waals surface area contributed by atoms with Crippen LogP contribution in [0.1, 0.15) is 42.0 Å². The summed E-state index contributed by atoms with van der Waals surface area (Å²) in [6.45, 7) is 2.37. The molecule has 2 amide bonds. The smallest absolute Gasteiger partial charge is 0.227 e. The van der Waals surface area contributed by atoms with Crippen molar-refractivity contribution in [2.24, 2.45) is 5.92 Å². The van der Waals surface area contributed by atoms with E-state index in [1.54, 1.807) is 12.0 Å². The molecule has 0 aromatic heterocycles. The molecule has 1 aliphatic carbocycles. The number of hydrogen-bond donors (Lipinski definition) is 1. The molecule has 0 spiro atoms. The quantitative estimate of drug-likeness (QED) is 0.885. The van der Waals surface area contributed by atoms with E-state index in [0.717, 1.165) is 30.5 Å². The van der Waals surface area contributed by atoms with Crippen LogP contribution in [-0.2, 0) is 16.0 Å². The fraction of sp³-hybridized carbons (Fsp3) is 0.391. The number of hydrogen-bond acceptors (Lipinski definition) is 3. The fourth-order valence-corrected chi connectivity index (χ4v) is 4.32. The van der Waals surface area contributed by atoms with Crippen LogP contribution in [0.15, 0.2) is 42.5 Å². The van der Waals surface area contributed by atoms with Gasteiger partial charge in [-0.15, -0.1) is 0 Å². The molecule has 1 saturated heterocycles. The van der Waals surface area contributed by atoms with E-state index in [2.05, 4.69) is 17.4 Å². The van der Waals surface area contributed by atoms with Crippen LogP contribution in [0, 0.1) is 12.8 Å². The van der Waals surface area contributed by atoms with E-state index >= 15 is 0 Å². The van der Waals surface area contributed by atoms with E-state index in [1.165, 1.54) is 11.1 Å². The predicted octanol–water partition coefficient (Wildman–Crippen LogP) is 3.55. The lowest BCUT2D eigenvalue weighted by Crippen LogP contribution is -2.36. The van der Waals surface area contributed by atoms with Gasteiger partial charge in [-0.25, -0.2) is 0 Å². The highest BCUT2D eigenvalue weighted by Gasteiger charge is 2.37. The highest BCUT2D eigenvalue weighted by atomic mass is 16.5. The Morgan fingerprint density at radius 1 is 1.21 bits per heavy atom. The molecule has 0 bridgehead atoms. The lowest BCUT2D eigenvalue weighted by atomic mass is 9.87. The van der Waals surface area contributed by atoms with E-state index in [9.17, 15) is 9.59 Å². The van der Waals surface area contributed by atoms with Gasteiger partial charge in [0.05, 0.1) is 24.8 Å². The average molecular weight is 378 g/mol. The number of rotatable bonds is 4. The Balaban J connectivity index is 1.49. The van der Waals surface area contributed by atoms with Gasteiger partial charge in [-0.2, -0.15) is 0 Å². The zero-order valence-corrected chi connectivity index (χ0v) is 16.4. The van der Waals surface area contributed by atoms with E-state index in [1.807, 2.05) is 37.3 Å². The first kappa shape index (κ1) is 18.5. The molecular weight excluding hydrogens is 352 g/mol. The summed E-state index contributed by atoms with van der Waals surface area (Å²) < 4.78 is 5.42. The van der Waals surface area contributed by atoms with Gasteiger partial charge in [-0.1, -0.05) is 30.3 Å². The molecule has 0 saturated carbocycles. The molecule has 0 radical (unpaired) electrons. The molecule has 146 valence electrons. The van der Waals surface area contributed by atoms with Crippen LogP contribution in [0.4, 0.5) is 5.69 Å². The number of carbonyl (C=O) groups excluding carboxylic acids is 2. The van der Waals surface area contributed by atoms with E-state index < -0.39 is 0 Å². The molecule has 1 fully saturated rings. The molecular formula is C23H26N2O3. The van der Waals surface area contributed by atoms with Crippen LogP contribution in [0.5, 0.6) is 5.75 Å². The van der Waals surface area contributed by atoms with Crippen molar-refractivity contribution in [3.63, 3.8) is 0 Å². The molecule has 1 heterocycles. The van der Waals surface area contributed by atoms with Gasteiger partial charge in [0.1, 0.15) is 5.75 Å². The number of ether oxygens (including phenoxy) is 1. The first-order valence-corrected chi connectivity index (χ1v) is 9.90. The van der Waals surface area contributed by atoms with Gasteiger partial charge >= 0.3 is 0 Å². The maximum absolute atomic E-state index is 12.9. The maximum atomic E-state index is 12.9. The van der Waals surface area contributed by atoms with E-state index in [0.29, 0.717) is 12.3 Å². The van der Waals surface area contributed by atoms with Crippen LogP contribution in [0.3, 0.4) is 0 Å². The summed E-state index contributed by atoms with van der Waals surface area (Å²) in [5.74, 6) is 0.241. The third-order valence-electron chi connectivity index (χ3n) is 5.81. The topological polar surface area (TPSA) is 58.6 Å². The number of nitrogens with zero attached hydrogens (tertiary/aromatic N) is 1. The standard InChI is InChI=1S/C23H26N2O3/c1-15-10-11-21(28-2)20(12-15)25-14-17(13-22(25)26)23(27)24-19-9-5-7-16-6-3-4-8-18(16)19/h3-4,6,8,10-12,17,19H,5,7,9,13-14H2,1-2H3,(H,24,27)/t17-,19+/m0/s1. The summed E-state index contributed by atoms with van der Waals surface area (Å²) in [4.78, 5) is 27.3. The third-order valence-corrected chi connectivity index (χ3v) is 5.81. The molecule has 1 aliphatic heterocycles. The van der Waals surface area contributed by atoms with Crippen LogP contribution < -0.4 is 15.0 Å². The number of benzene rings is 2. The molecule has 4 rings (SSSR count). The zero-order chi connectivity index (χ0) is 19.7. The van der Waals surface area contributed by atoms with Crippen LogP contribution in [0.25, 0.3) is 0 Å². The number of methoxy groups -OCH3 is 1. The summed E-state index contributed by atoms with van der Waals surface area (Å²) in [6.07, 6.45) is 3.31. The number of anilines is 1. The second kappa shape index (κ2) is 7.66. The second-order valence-corrected chi connectivity index (χ2v) is 7.73. The Morgan fingerprint density at radius 2 is 2.04 bits per heavy atom. The molecule has 2 aromatic carbocycles. The van der Waals surface area contributed by atoms with Gasteiger partial charge in [0, 0.05) is 13.0 Å². The SMILES string of the molecule is COc1ccc(C)cc1N1C[C@@H](C(=O)N[C@@H]2CCCc3ccccc32)CC1=O. The lowest BCUT2D eigenvalue weighted by molar-refractivity contribution is -0.127.